The van der Waals surface area contributed by atoms with Crippen LogP contribution in [0.15, 0.2) is 11.6 Å². The van der Waals surface area contributed by atoms with Gasteiger partial charge in [-0.2, -0.15) is 0 Å². The zero-order chi connectivity index (χ0) is 13.3. The number of methoxy groups -OCH3 is 1. The van der Waals surface area contributed by atoms with Crippen molar-refractivity contribution in [3.63, 3.8) is 0 Å². The lowest BCUT2D eigenvalue weighted by Gasteiger charge is -2.09. The maximum absolute atomic E-state index is 11.4. The number of carbonyl (C=O) groups excluding carboxylic acids is 2. The molecule has 5 heteroatoms. The lowest BCUT2D eigenvalue weighted by Crippen LogP contribution is -2.19. The van der Waals surface area contributed by atoms with Gasteiger partial charge in [0.05, 0.1) is 13.0 Å². The fourth-order valence-electron chi connectivity index (χ4n) is 1.22. The van der Waals surface area contributed by atoms with E-state index in [2.05, 4.69) is 4.74 Å². The number of ether oxygens (including phenoxy) is 2. The Bertz CT molecular complexity index is 286. The van der Waals surface area contributed by atoms with Crippen LogP contribution in [0.3, 0.4) is 0 Å². The Morgan fingerprint density at radius 1 is 1.41 bits per heavy atom. The van der Waals surface area contributed by atoms with E-state index in [0.29, 0.717) is 25.0 Å². The van der Waals surface area contributed by atoms with Crippen LogP contribution in [0.25, 0.3) is 0 Å². The molecule has 0 spiro atoms. The molecule has 0 aromatic carbocycles. The molecule has 1 unspecified atom stereocenters. The first-order chi connectivity index (χ1) is 8.06. The summed E-state index contributed by atoms with van der Waals surface area (Å²) in [7, 11) is 1.34. The van der Waals surface area contributed by atoms with Gasteiger partial charge in [-0.15, -0.1) is 0 Å². The maximum Gasteiger partial charge on any atom is 0.333 e. The molecular formula is C12H21NO4. The summed E-state index contributed by atoms with van der Waals surface area (Å²) >= 11 is 0. The monoisotopic (exact) mass is 243 g/mol. The van der Waals surface area contributed by atoms with Crippen molar-refractivity contribution in [3.05, 3.63) is 11.6 Å². The van der Waals surface area contributed by atoms with Crippen molar-refractivity contribution in [2.24, 2.45) is 11.7 Å². The Labute approximate surface area is 102 Å². The molecule has 2 N–H and O–H groups in total. The maximum atomic E-state index is 11.4. The van der Waals surface area contributed by atoms with E-state index in [0.717, 1.165) is 0 Å². The second kappa shape index (κ2) is 8.75. The van der Waals surface area contributed by atoms with Gasteiger partial charge in [0.1, 0.15) is 6.61 Å². The first-order valence-electron chi connectivity index (χ1n) is 5.70. The Balaban J connectivity index is 4.27. The zero-order valence-corrected chi connectivity index (χ0v) is 10.7. The molecule has 17 heavy (non-hydrogen) atoms. The summed E-state index contributed by atoms with van der Waals surface area (Å²) in [6, 6.07) is 0. The van der Waals surface area contributed by atoms with Gasteiger partial charge in [0.2, 0.25) is 0 Å². The average molecular weight is 243 g/mol. The van der Waals surface area contributed by atoms with Gasteiger partial charge in [-0.05, 0) is 12.8 Å². The van der Waals surface area contributed by atoms with Crippen molar-refractivity contribution in [1.82, 2.24) is 0 Å². The highest BCUT2D eigenvalue weighted by Gasteiger charge is 2.14. The highest BCUT2D eigenvalue weighted by molar-refractivity contribution is 5.88. The van der Waals surface area contributed by atoms with Gasteiger partial charge in [0.15, 0.2) is 0 Å². The summed E-state index contributed by atoms with van der Waals surface area (Å²) in [6.07, 6.45) is 2.76. The Morgan fingerprint density at radius 2 is 2.06 bits per heavy atom. The van der Waals surface area contributed by atoms with Crippen molar-refractivity contribution < 1.29 is 19.1 Å². The van der Waals surface area contributed by atoms with Gasteiger partial charge < -0.3 is 15.2 Å². The lowest BCUT2D eigenvalue weighted by atomic mass is 10.0. The number of allylic oxidation sites excluding steroid dienone is 1. The second-order valence-corrected chi connectivity index (χ2v) is 3.67. The van der Waals surface area contributed by atoms with E-state index in [1.807, 2.05) is 6.92 Å². The molecule has 0 aliphatic rings. The van der Waals surface area contributed by atoms with Gasteiger partial charge in [-0.25, -0.2) is 4.79 Å². The Morgan fingerprint density at radius 3 is 2.53 bits per heavy atom. The van der Waals surface area contributed by atoms with Crippen LogP contribution in [-0.2, 0) is 19.1 Å². The minimum atomic E-state index is -0.352. The van der Waals surface area contributed by atoms with E-state index in [4.69, 9.17) is 10.5 Å². The van der Waals surface area contributed by atoms with Gasteiger partial charge in [-0.1, -0.05) is 19.9 Å². The molecule has 1 atom stereocenters. The molecular weight excluding hydrogens is 222 g/mol. The number of esters is 2. The first kappa shape index (κ1) is 15.6. The van der Waals surface area contributed by atoms with E-state index in [1.54, 1.807) is 13.0 Å². The summed E-state index contributed by atoms with van der Waals surface area (Å²) in [6.45, 7) is 4.15. The van der Waals surface area contributed by atoms with E-state index >= 15 is 0 Å². The number of hydrogen-bond donors (Lipinski definition) is 1. The SMILES string of the molecule is CCC(=CCC(C)C(=O)OCCN)C(=O)OC. The molecule has 0 saturated carbocycles. The molecule has 0 aromatic rings. The minimum absolute atomic E-state index is 0.227. The molecule has 0 aromatic heterocycles. The van der Waals surface area contributed by atoms with Crippen LogP contribution in [0.2, 0.25) is 0 Å². The summed E-state index contributed by atoms with van der Waals surface area (Å²) in [5.74, 6) is -0.935. The first-order valence-corrected chi connectivity index (χ1v) is 5.70. The Hall–Kier alpha value is -1.36. The molecule has 0 saturated heterocycles. The fraction of sp³-hybridized carbons (Fsp3) is 0.667. The standard InChI is InChI=1S/C12H21NO4/c1-4-10(12(15)16-3)6-5-9(2)11(14)17-8-7-13/h6,9H,4-5,7-8,13H2,1-3H3. The zero-order valence-electron chi connectivity index (χ0n) is 10.7. The fourth-order valence-corrected chi connectivity index (χ4v) is 1.22. The third-order valence-corrected chi connectivity index (χ3v) is 2.31. The van der Waals surface area contributed by atoms with Crippen molar-refractivity contribution in [1.29, 1.82) is 0 Å². The highest BCUT2D eigenvalue weighted by atomic mass is 16.5. The van der Waals surface area contributed by atoms with Gasteiger partial charge in [0.25, 0.3) is 0 Å². The van der Waals surface area contributed by atoms with Crippen LogP contribution >= 0.6 is 0 Å². The van der Waals surface area contributed by atoms with E-state index in [-0.39, 0.29) is 24.5 Å². The van der Waals surface area contributed by atoms with Gasteiger partial charge >= 0.3 is 11.9 Å². The third-order valence-electron chi connectivity index (χ3n) is 2.31. The van der Waals surface area contributed by atoms with Gasteiger partial charge in [0, 0.05) is 12.1 Å². The molecule has 0 radical (unpaired) electrons. The normalized spacial score (nSPS) is 13.1. The largest absolute Gasteiger partial charge is 0.466 e. The van der Waals surface area contributed by atoms with Crippen LogP contribution in [-0.4, -0.2) is 32.2 Å². The summed E-state index contributed by atoms with van der Waals surface area (Å²) in [5.41, 5.74) is 5.80. The van der Waals surface area contributed by atoms with Crippen molar-refractivity contribution in [3.8, 4) is 0 Å². The van der Waals surface area contributed by atoms with Crippen LogP contribution in [0.1, 0.15) is 26.7 Å². The van der Waals surface area contributed by atoms with E-state index in [1.165, 1.54) is 7.11 Å². The van der Waals surface area contributed by atoms with Crippen LogP contribution < -0.4 is 5.73 Å². The third kappa shape index (κ3) is 6.06. The van der Waals surface area contributed by atoms with Crippen molar-refractivity contribution >= 4 is 11.9 Å². The van der Waals surface area contributed by atoms with Gasteiger partial charge in [-0.3, -0.25) is 4.79 Å². The number of hydrogen-bond acceptors (Lipinski definition) is 5. The quantitative estimate of drug-likeness (QED) is 0.533. The summed E-state index contributed by atoms with van der Waals surface area (Å²) in [5, 5.41) is 0. The second-order valence-electron chi connectivity index (χ2n) is 3.67. The summed E-state index contributed by atoms with van der Waals surface area (Å²) in [4.78, 5) is 22.7. The van der Waals surface area contributed by atoms with Crippen LogP contribution in [0.4, 0.5) is 0 Å². The Kier molecular flexibility index (Phi) is 8.05. The predicted octanol–water partition coefficient (Wildman–Crippen LogP) is 1.02. The number of nitrogens with two attached hydrogens (primary N) is 1. The topological polar surface area (TPSA) is 78.6 Å². The highest BCUT2D eigenvalue weighted by Crippen LogP contribution is 2.11. The molecule has 98 valence electrons. The average Bonchev–Trinajstić information content (AvgIpc) is 2.35. The number of carbonyl (C=O) groups is 2. The van der Waals surface area contributed by atoms with E-state index < -0.39 is 0 Å². The summed E-state index contributed by atoms with van der Waals surface area (Å²) < 4.78 is 9.52. The lowest BCUT2D eigenvalue weighted by molar-refractivity contribution is -0.147. The molecule has 0 amide bonds. The molecule has 0 aliphatic carbocycles. The molecule has 0 rings (SSSR count). The van der Waals surface area contributed by atoms with Crippen LogP contribution in [0.5, 0.6) is 0 Å². The molecule has 5 nitrogen and oxygen atoms in total. The molecule has 0 aliphatic heterocycles. The molecule has 0 fully saturated rings. The minimum Gasteiger partial charge on any atom is -0.466 e. The molecule has 0 bridgehead atoms. The van der Waals surface area contributed by atoms with E-state index in [9.17, 15) is 9.59 Å². The predicted molar refractivity (Wildman–Crippen MR) is 64.2 cm³/mol. The molecule has 0 heterocycles. The van der Waals surface area contributed by atoms with Crippen LogP contribution in [0, 0.1) is 5.92 Å². The number of rotatable bonds is 7. The van der Waals surface area contributed by atoms with Crippen molar-refractivity contribution in [2.75, 3.05) is 20.3 Å². The van der Waals surface area contributed by atoms with Crippen molar-refractivity contribution in [2.45, 2.75) is 26.7 Å². The smallest absolute Gasteiger partial charge is 0.333 e.